The Bertz CT molecular complexity index is 900. The van der Waals surface area contributed by atoms with Crippen molar-refractivity contribution in [3.8, 4) is 11.5 Å². The number of aliphatic carboxylic acids is 1. The molecule has 2 amide bonds. The van der Waals surface area contributed by atoms with Gasteiger partial charge in [0.1, 0.15) is 11.5 Å². The van der Waals surface area contributed by atoms with E-state index in [1.165, 1.54) is 18.4 Å². The van der Waals surface area contributed by atoms with Crippen LogP contribution < -0.4 is 10.5 Å². The van der Waals surface area contributed by atoms with E-state index in [9.17, 15) is 18.4 Å². The number of carbonyl (C=O) groups excluding carboxylic acids is 2. The van der Waals surface area contributed by atoms with Crippen molar-refractivity contribution in [2.45, 2.75) is 51.1 Å². The number of benzene rings is 2. The van der Waals surface area contributed by atoms with Crippen LogP contribution in [0.4, 0.5) is 8.78 Å². The Balaban J connectivity index is 0.000000778. The number of nitrogens with zero attached hydrogens (tertiary/aromatic N) is 1. The lowest BCUT2D eigenvalue weighted by molar-refractivity contribution is -0.137. The largest absolute Gasteiger partial charge is 0.481 e. The van der Waals surface area contributed by atoms with Crippen LogP contribution in [0.1, 0.15) is 49.1 Å². The molecule has 10 heteroatoms. The molecule has 0 aliphatic heterocycles. The predicted octanol–water partition coefficient (Wildman–Crippen LogP) is 3.91. The van der Waals surface area contributed by atoms with Crippen LogP contribution in [0.5, 0.6) is 11.5 Å². The second-order valence-corrected chi connectivity index (χ2v) is 7.85. The highest BCUT2D eigenvalue weighted by molar-refractivity contribution is 5.78. The number of rotatable bonds is 10. The lowest BCUT2D eigenvalue weighted by Crippen LogP contribution is -2.29. The van der Waals surface area contributed by atoms with Crippen molar-refractivity contribution in [1.82, 2.24) is 4.90 Å². The third kappa shape index (κ3) is 13.7. The topological polar surface area (TPSA) is 130 Å². The number of amides is 2. The Morgan fingerprint density at radius 1 is 1.09 bits per heavy atom. The normalized spacial score (nSPS) is 11.9. The first-order valence-electron chi connectivity index (χ1n) is 11.1. The number of nitrogens with two attached hydrogens (primary N) is 1. The number of likely N-dealkylation sites (N-methyl/N-ethyl adjacent to an activating group) is 1. The number of aliphatic hydroxyl groups is 1. The molecule has 0 spiro atoms. The van der Waals surface area contributed by atoms with Crippen molar-refractivity contribution in [3.63, 3.8) is 0 Å². The quantitative estimate of drug-likeness (QED) is 0.339. The first-order chi connectivity index (χ1) is 16.7. The second-order valence-electron chi connectivity index (χ2n) is 7.85. The maximum Gasteiger partial charge on any atom is 0.342 e. The van der Waals surface area contributed by atoms with Gasteiger partial charge < -0.3 is 25.6 Å². The summed E-state index contributed by atoms with van der Waals surface area (Å²) >= 11 is 0. The number of hydrogen-bond donors (Lipinski definition) is 3. The number of carboxylic acids is 1. The molecule has 1 aliphatic carbocycles. The molecule has 1 aliphatic rings. The molecule has 4 N–H and O–H groups in total. The molecule has 0 aromatic heterocycles. The first kappa shape index (κ1) is 29.5. The lowest BCUT2D eigenvalue weighted by Gasteiger charge is -2.17. The third-order valence-corrected chi connectivity index (χ3v) is 5.00. The molecule has 3 rings (SSSR count). The summed E-state index contributed by atoms with van der Waals surface area (Å²) in [6.45, 7) is -2.59. The zero-order chi connectivity index (χ0) is 26.2. The van der Waals surface area contributed by atoms with Gasteiger partial charge in [-0.05, 0) is 67.0 Å². The van der Waals surface area contributed by atoms with E-state index in [1.54, 1.807) is 11.9 Å². The van der Waals surface area contributed by atoms with Crippen molar-refractivity contribution >= 4 is 18.3 Å². The molecule has 8 nitrogen and oxygen atoms in total. The average Bonchev–Trinajstić information content (AvgIpc) is 3.64. The number of carboxylic acid groups (broad SMARTS) is 1. The summed E-state index contributed by atoms with van der Waals surface area (Å²) in [5.74, 6) is 1.53. The molecular formula is C25H32F2N2O6. The summed E-state index contributed by atoms with van der Waals surface area (Å²) in [7, 11) is 1.76. The SMILES string of the molecule is CN(CCCCC(=O)O)C(=O)Cc1ccc(Oc2ccc(C3CC3)cc2)cc1.NC=O.OC(F)F. The number of halogens is 2. The van der Waals surface area contributed by atoms with Crippen LogP contribution in [0.3, 0.4) is 0 Å². The van der Waals surface area contributed by atoms with Gasteiger partial charge in [-0.3, -0.25) is 14.4 Å². The van der Waals surface area contributed by atoms with Crippen molar-refractivity contribution in [1.29, 1.82) is 0 Å². The minimum atomic E-state index is -3.17. The van der Waals surface area contributed by atoms with Crippen LogP contribution in [-0.4, -0.2) is 53.6 Å². The molecule has 0 bridgehead atoms. The van der Waals surface area contributed by atoms with Gasteiger partial charge in [0.25, 0.3) is 0 Å². The molecule has 1 fully saturated rings. The number of hydrogen-bond acceptors (Lipinski definition) is 5. The third-order valence-electron chi connectivity index (χ3n) is 5.00. The van der Waals surface area contributed by atoms with Crippen molar-refractivity contribution in [3.05, 3.63) is 59.7 Å². The van der Waals surface area contributed by atoms with Gasteiger partial charge in [-0.2, -0.15) is 8.78 Å². The number of ether oxygens (including phenoxy) is 1. The number of unbranched alkanes of at least 4 members (excludes halogenated alkanes) is 1. The van der Waals surface area contributed by atoms with Gasteiger partial charge in [0.2, 0.25) is 12.3 Å². The van der Waals surface area contributed by atoms with Gasteiger partial charge in [-0.15, -0.1) is 0 Å². The molecule has 0 unspecified atom stereocenters. The van der Waals surface area contributed by atoms with Crippen molar-refractivity contribution < 1.29 is 38.1 Å². The summed E-state index contributed by atoms with van der Waals surface area (Å²) in [6.07, 6.45) is 4.58. The average molecular weight is 495 g/mol. The zero-order valence-electron chi connectivity index (χ0n) is 19.6. The minimum Gasteiger partial charge on any atom is -0.481 e. The van der Waals surface area contributed by atoms with Crippen molar-refractivity contribution in [2.24, 2.45) is 5.73 Å². The van der Waals surface area contributed by atoms with E-state index in [1.807, 2.05) is 36.4 Å². The molecule has 2 aromatic rings. The van der Waals surface area contributed by atoms with E-state index >= 15 is 0 Å². The Morgan fingerprint density at radius 3 is 2.03 bits per heavy atom. The summed E-state index contributed by atoms with van der Waals surface area (Å²) in [5, 5.41) is 15.4. The maximum absolute atomic E-state index is 12.3. The van der Waals surface area contributed by atoms with Crippen LogP contribution in [-0.2, 0) is 20.8 Å². The Kier molecular flexibility index (Phi) is 13.6. The smallest absolute Gasteiger partial charge is 0.342 e. The van der Waals surface area contributed by atoms with Gasteiger partial charge >= 0.3 is 12.6 Å². The highest BCUT2D eigenvalue weighted by atomic mass is 19.3. The summed E-state index contributed by atoms with van der Waals surface area (Å²) in [4.78, 5) is 33.0. The molecule has 1 saturated carbocycles. The van der Waals surface area contributed by atoms with Crippen LogP contribution in [0.25, 0.3) is 0 Å². The predicted molar refractivity (Wildman–Crippen MR) is 126 cm³/mol. The molecule has 0 saturated heterocycles. The minimum absolute atomic E-state index is 0.0275. The van der Waals surface area contributed by atoms with E-state index in [0.29, 0.717) is 25.8 Å². The van der Waals surface area contributed by atoms with Gasteiger partial charge in [0, 0.05) is 20.0 Å². The number of primary amides is 1. The van der Waals surface area contributed by atoms with Crippen LogP contribution in [0.2, 0.25) is 0 Å². The summed E-state index contributed by atoms with van der Waals surface area (Å²) in [5.41, 5.74) is 6.48. The molecule has 0 heterocycles. The summed E-state index contributed by atoms with van der Waals surface area (Å²) in [6, 6.07) is 15.8. The molecule has 192 valence electrons. The Morgan fingerprint density at radius 2 is 1.57 bits per heavy atom. The monoisotopic (exact) mass is 494 g/mol. The highest BCUT2D eigenvalue weighted by Gasteiger charge is 2.23. The molecule has 0 atom stereocenters. The fraction of sp³-hybridized carbons (Fsp3) is 0.400. The van der Waals surface area contributed by atoms with E-state index < -0.39 is 12.6 Å². The van der Waals surface area contributed by atoms with Crippen LogP contribution >= 0.6 is 0 Å². The zero-order valence-corrected chi connectivity index (χ0v) is 19.6. The van der Waals surface area contributed by atoms with Crippen LogP contribution in [0, 0.1) is 0 Å². The number of alkyl halides is 2. The maximum atomic E-state index is 12.3. The van der Waals surface area contributed by atoms with Gasteiger partial charge in [0.15, 0.2) is 0 Å². The van der Waals surface area contributed by atoms with E-state index in [4.69, 9.17) is 19.7 Å². The molecular weight excluding hydrogens is 462 g/mol. The van der Waals surface area contributed by atoms with Gasteiger partial charge in [-0.25, -0.2) is 0 Å². The molecule has 35 heavy (non-hydrogen) atoms. The fourth-order valence-corrected chi connectivity index (χ4v) is 3.10. The van der Waals surface area contributed by atoms with E-state index in [-0.39, 0.29) is 18.7 Å². The Labute approximate surface area is 203 Å². The summed E-state index contributed by atoms with van der Waals surface area (Å²) < 4.78 is 25.7. The molecule has 2 aromatic carbocycles. The van der Waals surface area contributed by atoms with E-state index in [2.05, 4.69) is 17.9 Å². The fourth-order valence-electron chi connectivity index (χ4n) is 3.10. The second kappa shape index (κ2) is 16.2. The van der Waals surface area contributed by atoms with E-state index in [0.717, 1.165) is 23.0 Å². The number of aliphatic hydroxyl groups excluding tert-OH is 1. The van der Waals surface area contributed by atoms with Crippen molar-refractivity contribution in [2.75, 3.05) is 13.6 Å². The lowest BCUT2D eigenvalue weighted by atomic mass is 10.1. The first-order valence-corrected chi connectivity index (χ1v) is 11.1. The van der Waals surface area contributed by atoms with Gasteiger partial charge in [0.05, 0.1) is 6.42 Å². The Hall–Kier alpha value is -3.53. The van der Waals surface area contributed by atoms with Gasteiger partial charge in [-0.1, -0.05) is 24.3 Å². The molecule has 0 radical (unpaired) electrons. The highest BCUT2D eigenvalue weighted by Crippen LogP contribution is 2.40. The van der Waals surface area contributed by atoms with Crippen LogP contribution in [0.15, 0.2) is 48.5 Å². The standard InChI is InChI=1S/C23H27NO4.CH2F2O.CH3NO/c1-24(15-3-2-4-23(26)27)22(25)16-17-5-11-20(12-6-17)28-21-13-9-19(10-14-21)18-7-8-18;2-1(3)4;2-1-3/h5-6,9-14,18H,2-4,7-8,15-16H2,1H3,(H,26,27);1,4H;1H,(H2,2,3). The number of carbonyl (C=O) groups is 3.